The SMILES string of the molecule is Cc1ccc(C(C)N(C)CC2CCCN2)cc1. The van der Waals surface area contributed by atoms with E-state index in [1.807, 2.05) is 0 Å². The maximum atomic E-state index is 3.56. The Morgan fingerprint density at radius 3 is 2.65 bits per heavy atom. The summed E-state index contributed by atoms with van der Waals surface area (Å²) in [4.78, 5) is 2.45. The van der Waals surface area contributed by atoms with Crippen molar-refractivity contribution in [2.24, 2.45) is 0 Å². The minimum absolute atomic E-state index is 0.498. The second-order valence-electron chi connectivity index (χ2n) is 5.32. The standard InChI is InChI=1S/C15H24N2/c1-12-6-8-14(9-7-12)13(2)17(3)11-15-5-4-10-16-15/h6-9,13,15-16H,4-5,10-11H2,1-3H3. The third-order valence-electron chi connectivity index (χ3n) is 3.89. The van der Waals surface area contributed by atoms with Gasteiger partial charge in [0.1, 0.15) is 0 Å². The van der Waals surface area contributed by atoms with E-state index in [1.165, 1.54) is 30.5 Å². The second-order valence-corrected chi connectivity index (χ2v) is 5.32. The van der Waals surface area contributed by atoms with Crippen LogP contribution >= 0.6 is 0 Å². The summed E-state index contributed by atoms with van der Waals surface area (Å²) >= 11 is 0. The van der Waals surface area contributed by atoms with Gasteiger partial charge in [0.05, 0.1) is 0 Å². The number of nitrogens with one attached hydrogen (secondary N) is 1. The lowest BCUT2D eigenvalue weighted by Crippen LogP contribution is -2.36. The molecule has 2 atom stereocenters. The topological polar surface area (TPSA) is 15.3 Å². The number of rotatable bonds is 4. The van der Waals surface area contributed by atoms with Crippen molar-refractivity contribution in [2.45, 2.75) is 38.8 Å². The quantitative estimate of drug-likeness (QED) is 0.858. The van der Waals surface area contributed by atoms with Crippen LogP contribution in [0.2, 0.25) is 0 Å². The maximum Gasteiger partial charge on any atom is 0.0317 e. The van der Waals surface area contributed by atoms with Crippen molar-refractivity contribution in [2.75, 3.05) is 20.1 Å². The van der Waals surface area contributed by atoms with Crippen LogP contribution in [0.3, 0.4) is 0 Å². The monoisotopic (exact) mass is 232 g/mol. The summed E-state index contributed by atoms with van der Waals surface area (Å²) in [6, 6.07) is 10.1. The zero-order valence-corrected chi connectivity index (χ0v) is 11.2. The van der Waals surface area contributed by atoms with Crippen molar-refractivity contribution in [3.8, 4) is 0 Å². The number of hydrogen-bond donors (Lipinski definition) is 1. The Kier molecular flexibility index (Phi) is 4.19. The maximum absolute atomic E-state index is 3.56. The van der Waals surface area contributed by atoms with Crippen LogP contribution in [-0.2, 0) is 0 Å². The molecule has 1 aliphatic rings. The lowest BCUT2D eigenvalue weighted by atomic mass is 10.0. The Bertz CT molecular complexity index is 338. The fourth-order valence-corrected chi connectivity index (χ4v) is 2.52. The molecule has 0 radical (unpaired) electrons. The van der Waals surface area contributed by atoms with Gasteiger partial charge in [-0.25, -0.2) is 0 Å². The van der Waals surface area contributed by atoms with Gasteiger partial charge in [0.25, 0.3) is 0 Å². The van der Waals surface area contributed by atoms with E-state index < -0.39 is 0 Å². The van der Waals surface area contributed by atoms with Crippen molar-refractivity contribution >= 4 is 0 Å². The number of aryl methyl sites for hydroxylation is 1. The van der Waals surface area contributed by atoms with E-state index in [9.17, 15) is 0 Å². The fraction of sp³-hybridized carbons (Fsp3) is 0.600. The van der Waals surface area contributed by atoms with Gasteiger partial charge in [-0.3, -0.25) is 4.90 Å². The molecule has 1 aliphatic heterocycles. The Balaban J connectivity index is 1.93. The molecule has 17 heavy (non-hydrogen) atoms. The van der Waals surface area contributed by atoms with Gasteiger partial charge in [0.2, 0.25) is 0 Å². The smallest absolute Gasteiger partial charge is 0.0317 e. The van der Waals surface area contributed by atoms with Crippen LogP contribution in [0.25, 0.3) is 0 Å². The van der Waals surface area contributed by atoms with E-state index in [0.717, 1.165) is 6.54 Å². The average Bonchev–Trinajstić information content (AvgIpc) is 2.82. The van der Waals surface area contributed by atoms with Crippen LogP contribution in [0, 0.1) is 6.92 Å². The molecule has 94 valence electrons. The molecule has 1 heterocycles. The molecular formula is C15H24N2. The van der Waals surface area contributed by atoms with Crippen LogP contribution in [0.1, 0.15) is 36.9 Å². The molecule has 2 unspecified atom stereocenters. The molecule has 0 bridgehead atoms. The molecule has 1 aromatic carbocycles. The summed E-state index contributed by atoms with van der Waals surface area (Å²) in [5.74, 6) is 0. The third-order valence-corrected chi connectivity index (χ3v) is 3.89. The van der Waals surface area contributed by atoms with Crippen LogP contribution < -0.4 is 5.32 Å². The second kappa shape index (κ2) is 5.65. The van der Waals surface area contributed by atoms with E-state index in [0.29, 0.717) is 12.1 Å². The predicted molar refractivity (Wildman–Crippen MR) is 73.2 cm³/mol. The van der Waals surface area contributed by atoms with Gasteiger partial charge in [0.15, 0.2) is 0 Å². The summed E-state index contributed by atoms with van der Waals surface area (Å²) in [5.41, 5.74) is 2.75. The van der Waals surface area contributed by atoms with Crippen LogP contribution in [0.5, 0.6) is 0 Å². The number of likely N-dealkylation sites (N-methyl/N-ethyl adjacent to an activating group) is 1. The van der Waals surface area contributed by atoms with Gasteiger partial charge >= 0.3 is 0 Å². The molecule has 0 aliphatic carbocycles. The average molecular weight is 232 g/mol. The van der Waals surface area contributed by atoms with Gasteiger partial charge in [-0.05, 0) is 45.8 Å². The fourth-order valence-electron chi connectivity index (χ4n) is 2.52. The first kappa shape index (κ1) is 12.6. The molecule has 1 aromatic rings. The van der Waals surface area contributed by atoms with E-state index in [1.54, 1.807) is 0 Å². The molecule has 0 amide bonds. The molecule has 0 spiro atoms. The number of nitrogens with zero attached hydrogens (tertiary/aromatic N) is 1. The summed E-state index contributed by atoms with van der Waals surface area (Å²) in [7, 11) is 2.23. The molecule has 0 aromatic heterocycles. The van der Waals surface area contributed by atoms with Gasteiger partial charge in [-0.2, -0.15) is 0 Å². The number of hydrogen-bond acceptors (Lipinski definition) is 2. The zero-order valence-electron chi connectivity index (χ0n) is 11.2. The molecule has 1 N–H and O–H groups in total. The summed E-state index contributed by atoms with van der Waals surface area (Å²) in [5, 5.41) is 3.56. The lowest BCUT2D eigenvalue weighted by molar-refractivity contribution is 0.238. The number of benzene rings is 1. The van der Waals surface area contributed by atoms with Gasteiger partial charge in [-0.15, -0.1) is 0 Å². The van der Waals surface area contributed by atoms with Gasteiger partial charge in [-0.1, -0.05) is 29.8 Å². The van der Waals surface area contributed by atoms with Crippen molar-refractivity contribution in [1.82, 2.24) is 10.2 Å². The van der Waals surface area contributed by atoms with E-state index >= 15 is 0 Å². The Hall–Kier alpha value is -0.860. The third kappa shape index (κ3) is 3.30. The van der Waals surface area contributed by atoms with Crippen molar-refractivity contribution in [3.63, 3.8) is 0 Å². The molecule has 2 nitrogen and oxygen atoms in total. The highest BCUT2D eigenvalue weighted by Gasteiger charge is 2.19. The van der Waals surface area contributed by atoms with Gasteiger partial charge in [0, 0.05) is 18.6 Å². The summed E-state index contributed by atoms with van der Waals surface area (Å²) < 4.78 is 0. The predicted octanol–water partition coefficient (Wildman–Crippen LogP) is 2.74. The highest BCUT2D eigenvalue weighted by molar-refractivity contribution is 5.23. The molecule has 0 saturated carbocycles. The van der Waals surface area contributed by atoms with E-state index in [-0.39, 0.29) is 0 Å². The molecular weight excluding hydrogens is 208 g/mol. The molecule has 2 heteroatoms. The minimum Gasteiger partial charge on any atom is -0.313 e. The highest BCUT2D eigenvalue weighted by Crippen LogP contribution is 2.20. The molecule has 1 saturated heterocycles. The van der Waals surface area contributed by atoms with Gasteiger partial charge < -0.3 is 5.32 Å². The minimum atomic E-state index is 0.498. The van der Waals surface area contributed by atoms with Crippen LogP contribution in [-0.4, -0.2) is 31.1 Å². The highest BCUT2D eigenvalue weighted by atomic mass is 15.2. The molecule has 1 fully saturated rings. The first-order valence-corrected chi connectivity index (χ1v) is 6.67. The van der Waals surface area contributed by atoms with Crippen molar-refractivity contribution in [1.29, 1.82) is 0 Å². The Morgan fingerprint density at radius 1 is 1.35 bits per heavy atom. The summed E-state index contributed by atoms with van der Waals surface area (Å²) in [6.07, 6.45) is 2.66. The Labute approximate surface area is 105 Å². The van der Waals surface area contributed by atoms with Crippen molar-refractivity contribution in [3.05, 3.63) is 35.4 Å². The normalized spacial score (nSPS) is 22.0. The van der Waals surface area contributed by atoms with E-state index in [4.69, 9.17) is 0 Å². The van der Waals surface area contributed by atoms with Crippen LogP contribution in [0.4, 0.5) is 0 Å². The first-order chi connectivity index (χ1) is 8.16. The largest absolute Gasteiger partial charge is 0.313 e. The van der Waals surface area contributed by atoms with Crippen LogP contribution in [0.15, 0.2) is 24.3 Å². The lowest BCUT2D eigenvalue weighted by Gasteiger charge is -2.28. The first-order valence-electron chi connectivity index (χ1n) is 6.67. The van der Waals surface area contributed by atoms with E-state index in [2.05, 4.69) is 55.4 Å². The van der Waals surface area contributed by atoms with Crippen molar-refractivity contribution < 1.29 is 0 Å². The molecule has 2 rings (SSSR count). The summed E-state index contributed by atoms with van der Waals surface area (Å²) in [6.45, 7) is 6.77. The Morgan fingerprint density at radius 2 is 2.06 bits per heavy atom. The zero-order chi connectivity index (χ0) is 12.3.